The molecule has 0 unspecified atom stereocenters. The van der Waals surface area contributed by atoms with Gasteiger partial charge in [0.1, 0.15) is 5.82 Å². The molecule has 0 fully saturated rings. The van der Waals surface area contributed by atoms with Crippen molar-refractivity contribution in [3.8, 4) is 5.82 Å². The minimum absolute atomic E-state index is 0.194. The van der Waals surface area contributed by atoms with Crippen LogP contribution < -0.4 is 5.56 Å². The van der Waals surface area contributed by atoms with Crippen LogP contribution in [-0.2, 0) is 6.42 Å². The quantitative estimate of drug-likeness (QED) is 0.733. The van der Waals surface area contributed by atoms with Crippen molar-refractivity contribution in [3.05, 3.63) is 51.9 Å². The molecular formula is C16H17ClN4O. The summed E-state index contributed by atoms with van der Waals surface area (Å²) in [5.74, 6) is 1.38. The Balaban J connectivity index is 2.22. The minimum Gasteiger partial charge on any atom is -0.333 e. The van der Waals surface area contributed by atoms with Crippen molar-refractivity contribution in [2.24, 2.45) is 0 Å². The minimum atomic E-state index is -0.194. The van der Waals surface area contributed by atoms with Gasteiger partial charge in [0.2, 0.25) is 5.28 Å². The predicted molar refractivity (Wildman–Crippen MR) is 87.7 cm³/mol. The lowest BCUT2D eigenvalue weighted by molar-refractivity contribution is 0.678. The summed E-state index contributed by atoms with van der Waals surface area (Å²) in [6.45, 7) is 2.15. The molecule has 0 atom stereocenters. The molecule has 2 aromatic heterocycles. The van der Waals surface area contributed by atoms with Crippen molar-refractivity contribution in [2.45, 2.75) is 32.6 Å². The Bertz CT molecular complexity index is 853. The number of para-hydroxylation sites is 1. The summed E-state index contributed by atoms with van der Waals surface area (Å²) < 4.78 is 1.91. The number of rotatable bonds is 5. The molecule has 0 amide bonds. The summed E-state index contributed by atoms with van der Waals surface area (Å²) in [6, 6.07) is 7.43. The summed E-state index contributed by atoms with van der Waals surface area (Å²) in [6.07, 6.45) is 5.66. The SMILES string of the molecule is CCCCCc1nc(=O)c2ccccc2n1-c1c[nH]c(Cl)n1. The fourth-order valence-corrected chi connectivity index (χ4v) is 2.72. The number of hydrogen-bond acceptors (Lipinski definition) is 3. The number of aromatic nitrogens is 4. The van der Waals surface area contributed by atoms with Gasteiger partial charge in [-0.15, -0.1) is 0 Å². The summed E-state index contributed by atoms with van der Waals surface area (Å²) in [5.41, 5.74) is 0.608. The van der Waals surface area contributed by atoms with Gasteiger partial charge in [-0.2, -0.15) is 9.97 Å². The molecule has 0 aliphatic rings. The van der Waals surface area contributed by atoms with Gasteiger partial charge in [-0.1, -0.05) is 31.9 Å². The molecule has 114 valence electrons. The van der Waals surface area contributed by atoms with Crippen LogP contribution in [0.5, 0.6) is 0 Å². The van der Waals surface area contributed by atoms with E-state index >= 15 is 0 Å². The fourth-order valence-electron chi connectivity index (χ4n) is 2.58. The van der Waals surface area contributed by atoms with Gasteiger partial charge in [-0.3, -0.25) is 9.36 Å². The average Bonchev–Trinajstić information content (AvgIpc) is 2.94. The Morgan fingerprint density at radius 2 is 2.05 bits per heavy atom. The van der Waals surface area contributed by atoms with Crippen molar-refractivity contribution < 1.29 is 0 Å². The maximum atomic E-state index is 12.2. The van der Waals surface area contributed by atoms with Gasteiger partial charge >= 0.3 is 0 Å². The molecule has 3 rings (SSSR count). The first-order valence-electron chi connectivity index (χ1n) is 7.42. The standard InChI is InChI=1S/C16H17ClN4O/c1-2-3-4-9-13-19-15(22)11-7-5-6-8-12(11)21(13)14-10-18-16(17)20-14/h5-8,10H,2-4,9H2,1H3,(H,18,20). The summed E-state index contributed by atoms with van der Waals surface area (Å²) in [4.78, 5) is 23.7. The lowest BCUT2D eigenvalue weighted by Crippen LogP contribution is -2.18. The van der Waals surface area contributed by atoms with Crippen LogP contribution in [0, 0.1) is 0 Å². The number of hydrogen-bond donors (Lipinski definition) is 1. The smallest absolute Gasteiger partial charge is 0.280 e. The number of aromatic amines is 1. The molecule has 0 bridgehead atoms. The Morgan fingerprint density at radius 1 is 1.23 bits per heavy atom. The topological polar surface area (TPSA) is 63.6 Å². The second kappa shape index (κ2) is 6.32. The van der Waals surface area contributed by atoms with Crippen molar-refractivity contribution in [1.82, 2.24) is 19.5 Å². The second-order valence-corrected chi connectivity index (χ2v) is 5.55. The van der Waals surface area contributed by atoms with Crippen LogP contribution in [0.3, 0.4) is 0 Å². The van der Waals surface area contributed by atoms with Gasteiger partial charge < -0.3 is 4.98 Å². The fraction of sp³-hybridized carbons (Fsp3) is 0.312. The molecule has 0 radical (unpaired) electrons. The summed E-state index contributed by atoms with van der Waals surface area (Å²) in [5, 5.41) is 0.901. The molecule has 5 nitrogen and oxygen atoms in total. The number of nitrogens with one attached hydrogen (secondary N) is 1. The number of unbranched alkanes of at least 4 members (excludes halogenated alkanes) is 2. The number of halogens is 1. The zero-order valence-corrected chi connectivity index (χ0v) is 13.1. The van der Waals surface area contributed by atoms with E-state index in [1.54, 1.807) is 12.3 Å². The molecule has 0 saturated carbocycles. The Kier molecular flexibility index (Phi) is 4.24. The summed E-state index contributed by atoms with van der Waals surface area (Å²) in [7, 11) is 0. The van der Waals surface area contributed by atoms with Crippen LogP contribution in [-0.4, -0.2) is 19.5 Å². The van der Waals surface area contributed by atoms with Gasteiger partial charge in [-0.05, 0) is 30.2 Å². The van der Waals surface area contributed by atoms with Crippen LogP contribution in [0.25, 0.3) is 16.7 Å². The number of imidazole rings is 1. The van der Waals surface area contributed by atoms with Crippen molar-refractivity contribution in [2.75, 3.05) is 0 Å². The Labute approximate surface area is 133 Å². The van der Waals surface area contributed by atoms with Crippen LogP contribution in [0.4, 0.5) is 0 Å². The second-order valence-electron chi connectivity index (χ2n) is 5.19. The molecule has 1 N–H and O–H groups in total. The third kappa shape index (κ3) is 2.76. The van der Waals surface area contributed by atoms with Crippen molar-refractivity contribution in [1.29, 1.82) is 0 Å². The summed E-state index contributed by atoms with van der Waals surface area (Å²) >= 11 is 5.91. The van der Waals surface area contributed by atoms with Gasteiger partial charge in [0.05, 0.1) is 10.9 Å². The zero-order chi connectivity index (χ0) is 15.5. The number of benzene rings is 1. The van der Waals surface area contributed by atoms with E-state index in [4.69, 9.17) is 11.6 Å². The largest absolute Gasteiger partial charge is 0.333 e. The molecule has 0 spiro atoms. The normalized spacial score (nSPS) is 11.2. The van der Waals surface area contributed by atoms with Crippen LogP contribution in [0.1, 0.15) is 32.0 Å². The lowest BCUT2D eigenvalue weighted by Gasteiger charge is -2.13. The first kappa shape index (κ1) is 14.8. The Hall–Kier alpha value is -2.14. The molecular weight excluding hydrogens is 300 g/mol. The molecule has 6 heteroatoms. The number of H-pyrrole nitrogens is 1. The highest BCUT2D eigenvalue weighted by atomic mass is 35.5. The molecule has 0 saturated heterocycles. The van der Waals surface area contributed by atoms with Crippen LogP contribution in [0.2, 0.25) is 5.28 Å². The third-order valence-electron chi connectivity index (χ3n) is 3.63. The third-order valence-corrected chi connectivity index (χ3v) is 3.82. The maximum absolute atomic E-state index is 12.2. The van der Waals surface area contributed by atoms with E-state index in [1.807, 2.05) is 22.8 Å². The average molecular weight is 317 g/mol. The molecule has 1 aromatic carbocycles. The van der Waals surface area contributed by atoms with Gasteiger partial charge in [0.25, 0.3) is 5.56 Å². The predicted octanol–water partition coefficient (Wildman–Crippen LogP) is 3.49. The number of aryl methyl sites for hydroxylation is 1. The molecule has 3 aromatic rings. The van der Waals surface area contributed by atoms with Crippen molar-refractivity contribution in [3.63, 3.8) is 0 Å². The van der Waals surface area contributed by atoms with E-state index in [9.17, 15) is 4.79 Å². The highest BCUT2D eigenvalue weighted by molar-refractivity contribution is 6.28. The first-order valence-corrected chi connectivity index (χ1v) is 7.80. The first-order chi connectivity index (χ1) is 10.7. The maximum Gasteiger partial charge on any atom is 0.280 e. The van der Waals surface area contributed by atoms with E-state index in [-0.39, 0.29) is 5.56 Å². The Morgan fingerprint density at radius 3 is 2.77 bits per heavy atom. The molecule has 0 aliphatic carbocycles. The van der Waals surface area contributed by atoms with Crippen LogP contribution >= 0.6 is 11.6 Å². The highest BCUT2D eigenvalue weighted by Crippen LogP contribution is 2.19. The van der Waals surface area contributed by atoms with E-state index in [2.05, 4.69) is 21.9 Å². The zero-order valence-electron chi connectivity index (χ0n) is 12.3. The van der Waals surface area contributed by atoms with Gasteiger partial charge in [-0.25, -0.2) is 0 Å². The monoisotopic (exact) mass is 316 g/mol. The molecule has 0 aliphatic heterocycles. The van der Waals surface area contributed by atoms with Crippen LogP contribution in [0.15, 0.2) is 35.3 Å². The van der Waals surface area contributed by atoms with E-state index in [0.29, 0.717) is 16.5 Å². The highest BCUT2D eigenvalue weighted by Gasteiger charge is 2.13. The molecule has 22 heavy (non-hydrogen) atoms. The van der Waals surface area contributed by atoms with Gasteiger partial charge in [0, 0.05) is 12.6 Å². The van der Waals surface area contributed by atoms with E-state index in [1.165, 1.54) is 0 Å². The molecule has 2 heterocycles. The number of fused-ring (bicyclic) bond motifs is 1. The van der Waals surface area contributed by atoms with E-state index in [0.717, 1.165) is 37.0 Å². The van der Waals surface area contributed by atoms with E-state index < -0.39 is 0 Å². The van der Waals surface area contributed by atoms with Crippen molar-refractivity contribution >= 4 is 22.5 Å². The number of nitrogens with zero attached hydrogens (tertiary/aromatic N) is 3. The lowest BCUT2D eigenvalue weighted by atomic mass is 10.1. The van der Waals surface area contributed by atoms with Gasteiger partial charge in [0.15, 0.2) is 5.82 Å².